The first-order valence-corrected chi connectivity index (χ1v) is 23.2. The van der Waals surface area contributed by atoms with Gasteiger partial charge in [0.2, 0.25) is 0 Å². The minimum atomic E-state index is -4.75. The third-order valence-electron chi connectivity index (χ3n) is 9.44. The third kappa shape index (κ3) is 41.3. The van der Waals surface area contributed by atoms with Crippen molar-refractivity contribution in [1.29, 1.82) is 0 Å². The first-order valence-electron chi connectivity index (χ1n) is 21.6. The molecule has 0 aromatic heterocycles. The van der Waals surface area contributed by atoms with Crippen molar-refractivity contribution >= 4 is 19.8 Å². The minimum Gasteiger partial charge on any atom is -0.462 e. The number of allylic oxidation sites excluding steroid dienone is 4. The lowest BCUT2D eigenvalue weighted by Gasteiger charge is -2.18. The minimum absolute atomic E-state index is 0.204. The third-order valence-corrected chi connectivity index (χ3v) is 9.93. The fraction of sp³-hybridized carbons (Fsp3) is 0.860. The second-order valence-electron chi connectivity index (χ2n) is 14.7. The van der Waals surface area contributed by atoms with Gasteiger partial charge in [-0.3, -0.25) is 14.1 Å². The molecule has 0 aromatic rings. The summed E-state index contributed by atoms with van der Waals surface area (Å²) in [5.41, 5.74) is 0. The van der Waals surface area contributed by atoms with E-state index < -0.39 is 32.5 Å². The molecule has 0 unspecified atom stereocenters. The van der Waals surface area contributed by atoms with E-state index in [0.29, 0.717) is 6.42 Å². The molecule has 0 radical (unpaired) electrons. The molecule has 0 bridgehead atoms. The molecule has 0 aromatic carbocycles. The van der Waals surface area contributed by atoms with Gasteiger partial charge in [-0.05, 0) is 64.2 Å². The average Bonchev–Trinajstić information content (AvgIpc) is 3.11. The van der Waals surface area contributed by atoms with Gasteiger partial charge in [0.25, 0.3) is 0 Å². The lowest BCUT2D eigenvalue weighted by Crippen LogP contribution is -2.29. The Kier molecular flexibility index (Phi) is 38.1. The zero-order chi connectivity index (χ0) is 38.2. The molecule has 0 aliphatic carbocycles. The van der Waals surface area contributed by atoms with Crippen LogP contribution in [0.4, 0.5) is 0 Å². The SMILES string of the molecule is CCCCCC/C=C\CCCCCCCC(=O)O[C@H](COC(=O)CCCCCCCCCCCCC/C=C\CCCCCCCC)COP(=O)(O)O. The van der Waals surface area contributed by atoms with E-state index in [4.69, 9.17) is 19.3 Å². The number of hydrogen-bond acceptors (Lipinski definition) is 6. The highest BCUT2D eigenvalue weighted by atomic mass is 31.2. The number of ether oxygens (including phenoxy) is 2. The summed E-state index contributed by atoms with van der Waals surface area (Å²) >= 11 is 0. The lowest BCUT2D eigenvalue weighted by atomic mass is 10.0. The number of unbranched alkanes of at least 4 members (excludes halogenated alkanes) is 26. The quantitative estimate of drug-likeness (QED) is 0.0274. The first-order chi connectivity index (χ1) is 25.3. The maximum Gasteiger partial charge on any atom is 0.469 e. The summed E-state index contributed by atoms with van der Waals surface area (Å²) in [4.78, 5) is 42.8. The van der Waals surface area contributed by atoms with E-state index >= 15 is 0 Å². The van der Waals surface area contributed by atoms with Crippen LogP contribution in [0, 0.1) is 0 Å². The topological polar surface area (TPSA) is 119 Å². The summed E-state index contributed by atoms with van der Waals surface area (Å²) < 4.78 is 26.4. The van der Waals surface area contributed by atoms with Gasteiger partial charge in [0.1, 0.15) is 6.61 Å². The van der Waals surface area contributed by atoms with E-state index in [1.807, 2.05) is 0 Å². The summed E-state index contributed by atoms with van der Waals surface area (Å²) in [6.45, 7) is 3.67. The van der Waals surface area contributed by atoms with E-state index in [2.05, 4.69) is 42.7 Å². The van der Waals surface area contributed by atoms with Crippen LogP contribution in [-0.2, 0) is 28.2 Å². The molecule has 0 fully saturated rings. The van der Waals surface area contributed by atoms with Crippen molar-refractivity contribution in [2.24, 2.45) is 0 Å². The summed E-state index contributed by atoms with van der Waals surface area (Å²) in [6.07, 6.45) is 44.7. The fourth-order valence-electron chi connectivity index (χ4n) is 6.19. The van der Waals surface area contributed by atoms with Crippen LogP contribution >= 0.6 is 7.82 Å². The van der Waals surface area contributed by atoms with Crippen molar-refractivity contribution in [1.82, 2.24) is 0 Å². The van der Waals surface area contributed by atoms with Crippen molar-refractivity contribution < 1.29 is 37.9 Å². The molecule has 306 valence electrons. The molecular weight excluding hydrogens is 675 g/mol. The predicted octanol–water partition coefficient (Wildman–Crippen LogP) is 13.2. The molecule has 1 atom stereocenters. The highest BCUT2D eigenvalue weighted by molar-refractivity contribution is 7.46. The summed E-state index contributed by atoms with van der Waals surface area (Å²) in [6, 6.07) is 0. The lowest BCUT2D eigenvalue weighted by molar-refractivity contribution is -0.161. The Labute approximate surface area is 319 Å². The highest BCUT2D eigenvalue weighted by Gasteiger charge is 2.22. The molecule has 2 N–H and O–H groups in total. The van der Waals surface area contributed by atoms with Crippen LogP contribution in [0.5, 0.6) is 0 Å². The fourth-order valence-corrected chi connectivity index (χ4v) is 6.55. The maximum atomic E-state index is 12.4. The van der Waals surface area contributed by atoms with Crippen molar-refractivity contribution in [3.05, 3.63) is 24.3 Å². The Balaban J connectivity index is 3.85. The molecule has 0 aliphatic heterocycles. The second kappa shape index (κ2) is 39.2. The van der Waals surface area contributed by atoms with Crippen LogP contribution in [0.15, 0.2) is 24.3 Å². The molecular formula is C43H81O8P. The van der Waals surface area contributed by atoms with E-state index in [1.54, 1.807) is 0 Å². The average molecular weight is 757 g/mol. The van der Waals surface area contributed by atoms with Gasteiger partial charge in [-0.15, -0.1) is 0 Å². The largest absolute Gasteiger partial charge is 0.469 e. The summed E-state index contributed by atoms with van der Waals surface area (Å²) in [5.74, 6) is -0.889. The maximum absolute atomic E-state index is 12.4. The number of phosphoric ester groups is 1. The van der Waals surface area contributed by atoms with Crippen molar-refractivity contribution in [3.63, 3.8) is 0 Å². The number of carbonyl (C=O) groups is 2. The van der Waals surface area contributed by atoms with Crippen molar-refractivity contribution in [2.45, 2.75) is 225 Å². The highest BCUT2D eigenvalue weighted by Crippen LogP contribution is 2.36. The Bertz CT molecular complexity index is 900. The van der Waals surface area contributed by atoms with Gasteiger partial charge >= 0.3 is 19.8 Å². The standard InChI is InChI=1S/C43H81O8P/c1-3-5-7-9-11-13-15-17-18-19-20-21-22-23-24-26-27-29-31-33-35-37-42(44)49-39-41(40-50-52(46,47)48)51-43(45)38-36-34-32-30-28-25-16-14-12-10-8-6-4-2/h14,16-18,41H,3-13,15,19-40H2,1-2H3,(H2,46,47,48)/b16-14-,18-17-/t41-/m1/s1. The number of rotatable bonds is 40. The van der Waals surface area contributed by atoms with E-state index in [-0.39, 0.29) is 19.4 Å². The molecule has 0 rings (SSSR count). The molecule has 52 heavy (non-hydrogen) atoms. The van der Waals surface area contributed by atoms with Crippen LogP contribution in [-0.4, -0.2) is 41.0 Å². The molecule has 8 nitrogen and oxygen atoms in total. The van der Waals surface area contributed by atoms with Crippen molar-refractivity contribution in [2.75, 3.05) is 13.2 Å². The van der Waals surface area contributed by atoms with Crippen molar-refractivity contribution in [3.8, 4) is 0 Å². The van der Waals surface area contributed by atoms with Gasteiger partial charge in [0, 0.05) is 12.8 Å². The molecule has 0 heterocycles. The van der Waals surface area contributed by atoms with Crippen LogP contribution in [0.3, 0.4) is 0 Å². The molecule has 9 heteroatoms. The van der Waals surface area contributed by atoms with Gasteiger partial charge in [0.05, 0.1) is 6.61 Å². The number of hydrogen-bond donors (Lipinski definition) is 2. The van der Waals surface area contributed by atoms with Crippen LogP contribution in [0.1, 0.15) is 219 Å². The Morgan fingerprint density at radius 1 is 0.481 bits per heavy atom. The normalized spacial score (nSPS) is 12.6. The first kappa shape index (κ1) is 50.5. The number of carbonyl (C=O) groups excluding carboxylic acids is 2. The number of esters is 2. The van der Waals surface area contributed by atoms with Gasteiger partial charge in [-0.25, -0.2) is 4.57 Å². The smallest absolute Gasteiger partial charge is 0.462 e. The predicted molar refractivity (Wildman–Crippen MR) is 216 cm³/mol. The molecule has 0 aliphatic rings. The molecule has 0 amide bonds. The zero-order valence-corrected chi connectivity index (χ0v) is 34.6. The Morgan fingerprint density at radius 2 is 0.808 bits per heavy atom. The molecule has 0 spiro atoms. The van der Waals surface area contributed by atoms with E-state index in [1.165, 1.54) is 135 Å². The second-order valence-corrected chi connectivity index (χ2v) is 15.9. The summed E-state index contributed by atoms with van der Waals surface area (Å²) in [7, 11) is -4.75. The van der Waals surface area contributed by atoms with Crippen LogP contribution < -0.4 is 0 Å². The van der Waals surface area contributed by atoms with E-state index in [0.717, 1.165) is 51.4 Å². The monoisotopic (exact) mass is 757 g/mol. The van der Waals surface area contributed by atoms with Gasteiger partial charge in [-0.1, -0.05) is 167 Å². The van der Waals surface area contributed by atoms with Crippen LogP contribution in [0.25, 0.3) is 0 Å². The van der Waals surface area contributed by atoms with Gasteiger partial charge in [0.15, 0.2) is 6.10 Å². The number of phosphoric acid groups is 1. The molecule has 0 saturated heterocycles. The molecule has 0 saturated carbocycles. The van der Waals surface area contributed by atoms with Crippen LogP contribution in [0.2, 0.25) is 0 Å². The Morgan fingerprint density at radius 3 is 1.19 bits per heavy atom. The van der Waals surface area contributed by atoms with E-state index in [9.17, 15) is 14.2 Å². The van der Waals surface area contributed by atoms with Gasteiger partial charge < -0.3 is 19.3 Å². The van der Waals surface area contributed by atoms with Gasteiger partial charge in [-0.2, -0.15) is 0 Å². The summed E-state index contributed by atoms with van der Waals surface area (Å²) in [5, 5.41) is 0. The zero-order valence-electron chi connectivity index (χ0n) is 33.7. The Hall–Kier alpha value is -1.47.